The first-order chi connectivity index (χ1) is 6.16. The van der Waals surface area contributed by atoms with Gasteiger partial charge in [-0.2, -0.15) is 0 Å². The lowest BCUT2D eigenvalue weighted by atomic mass is 10.3. The number of nitrogen functional groups attached to an aromatic ring is 1. The molecule has 68 valence electrons. The molecule has 0 saturated heterocycles. The SMILES string of the molecule is NC(=O)C1Oc2ccc(N)cc2O1. The molecule has 1 unspecified atom stereocenters. The van der Waals surface area contributed by atoms with Crippen molar-refractivity contribution in [1.82, 2.24) is 0 Å². The fourth-order valence-electron chi connectivity index (χ4n) is 1.08. The largest absolute Gasteiger partial charge is 0.442 e. The van der Waals surface area contributed by atoms with E-state index >= 15 is 0 Å². The fraction of sp³-hybridized carbons (Fsp3) is 0.125. The van der Waals surface area contributed by atoms with Crippen LogP contribution in [-0.4, -0.2) is 12.2 Å². The highest BCUT2D eigenvalue weighted by Crippen LogP contribution is 2.35. The number of ether oxygens (including phenoxy) is 2. The predicted octanol–water partition coefficient (Wildman–Crippen LogP) is -0.149. The van der Waals surface area contributed by atoms with Gasteiger partial charge in [0.2, 0.25) is 0 Å². The van der Waals surface area contributed by atoms with Gasteiger partial charge in [0, 0.05) is 11.8 Å². The molecule has 1 aliphatic heterocycles. The van der Waals surface area contributed by atoms with Crippen molar-refractivity contribution in [2.75, 3.05) is 5.73 Å². The van der Waals surface area contributed by atoms with Crippen molar-refractivity contribution in [1.29, 1.82) is 0 Å². The van der Waals surface area contributed by atoms with Crippen LogP contribution in [0.2, 0.25) is 0 Å². The maximum atomic E-state index is 10.7. The van der Waals surface area contributed by atoms with Gasteiger partial charge in [-0.1, -0.05) is 0 Å². The Labute approximate surface area is 74.2 Å². The van der Waals surface area contributed by atoms with Gasteiger partial charge in [-0.25, -0.2) is 0 Å². The van der Waals surface area contributed by atoms with E-state index in [-0.39, 0.29) is 0 Å². The molecular formula is C8H8N2O3. The first-order valence-electron chi connectivity index (χ1n) is 3.69. The van der Waals surface area contributed by atoms with Crippen LogP contribution in [-0.2, 0) is 4.79 Å². The van der Waals surface area contributed by atoms with E-state index in [1.54, 1.807) is 18.2 Å². The van der Waals surface area contributed by atoms with Crippen molar-refractivity contribution in [2.24, 2.45) is 5.73 Å². The quantitative estimate of drug-likeness (QED) is 0.588. The summed E-state index contributed by atoms with van der Waals surface area (Å²) < 4.78 is 10.1. The third kappa shape index (κ3) is 1.24. The standard InChI is InChI=1S/C8H8N2O3/c9-4-1-2-5-6(3-4)13-8(12-5)7(10)11/h1-3,8H,9H2,(H2,10,11). The van der Waals surface area contributed by atoms with Crippen LogP contribution in [0.25, 0.3) is 0 Å². The maximum absolute atomic E-state index is 10.7. The first kappa shape index (κ1) is 7.72. The molecule has 0 bridgehead atoms. The number of rotatable bonds is 1. The summed E-state index contributed by atoms with van der Waals surface area (Å²) in [6.07, 6.45) is -1.03. The lowest BCUT2D eigenvalue weighted by molar-refractivity contribution is -0.133. The molecule has 5 nitrogen and oxygen atoms in total. The first-order valence-corrected chi connectivity index (χ1v) is 3.69. The Hall–Kier alpha value is -1.91. The highest BCUT2D eigenvalue weighted by atomic mass is 16.7. The van der Waals surface area contributed by atoms with Gasteiger partial charge in [-0.05, 0) is 12.1 Å². The predicted molar refractivity (Wildman–Crippen MR) is 45.1 cm³/mol. The fourth-order valence-corrected chi connectivity index (χ4v) is 1.08. The maximum Gasteiger partial charge on any atom is 0.321 e. The number of hydrogen-bond donors (Lipinski definition) is 2. The van der Waals surface area contributed by atoms with E-state index in [9.17, 15) is 4.79 Å². The molecule has 1 atom stereocenters. The van der Waals surface area contributed by atoms with Crippen LogP contribution in [0.4, 0.5) is 5.69 Å². The number of fused-ring (bicyclic) bond motifs is 1. The van der Waals surface area contributed by atoms with Crippen LogP contribution in [0.1, 0.15) is 0 Å². The Bertz CT molecular complexity index is 364. The highest BCUT2D eigenvalue weighted by molar-refractivity contribution is 5.79. The molecule has 5 heteroatoms. The monoisotopic (exact) mass is 180 g/mol. The Morgan fingerprint density at radius 3 is 2.69 bits per heavy atom. The summed E-state index contributed by atoms with van der Waals surface area (Å²) in [6, 6.07) is 4.87. The molecule has 0 fully saturated rings. The number of carbonyl (C=O) groups is 1. The minimum absolute atomic E-state index is 0.448. The molecular weight excluding hydrogens is 172 g/mol. The second kappa shape index (κ2) is 2.55. The van der Waals surface area contributed by atoms with Crippen LogP contribution < -0.4 is 20.9 Å². The average Bonchev–Trinajstić information content (AvgIpc) is 2.46. The molecule has 1 amide bonds. The van der Waals surface area contributed by atoms with E-state index in [1.807, 2.05) is 0 Å². The topological polar surface area (TPSA) is 87.6 Å². The van der Waals surface area contributed by atoms with Crippen LogP contribution >= 0.6 is 0 Å². The zero-order valence-electron chi connectivity index (χ0n) is 6.69. The van der Waals surface area contributed by atoms with E-state index in [0.717, 1.165) is 0 Å². The molecule has 0 saturated carbocycles. The number of carbonyl (C=O) groups excluding carboxylic acids is 1. The van der Waals surface area contributed by atoms with E-state index in [1.165, 1.54) is 0 Å². The summed E-state index contributed by atoms with van der Waals surface area (Å²) in [5, 5.41) is 0. The van der Waals surface area contributed by atoms with Crippen molar-refractivity contribution < 1.29 is 14.3 Å². The van der Waals surface area contributed by atoms with Crippen molar-refractivity contribution in [3.8, 4) is 11.5 Å². The Morgan fingerprint density at radius 1 is 1.31 bits per heavy atom. The molecule has 1 heterocycles. The van der Waals surface area contributed by atoms with Gasteiger partial charge in [0.05, 0.1) is 0 Å². The summed E-state index contributed by atoms with van der Waals surface area (Å²) >= 11 is 0. The normalized spacial score (nSPS) is 18.6. The van der Waals surface area contributed by atoms with Crippen molar-refractivity contribution >= 4 is 11.6 Å². The molecule has 1 aromatic rings. The van der Waals surface area contributed by atoms with Gasteiger partial charge in [-0.15, -0.1) is 0 Å². The lowest BCUT2D eigenvalue weighted by Crippen LogP contribution is -2.35. The molecule has 0 aromatic heterocycles. The second-order valence-electron chi connectivity index (χ2n) is 2.68. The average molecular weight is 180 g/mol. The minimum Gasteiger partial charge on any atom is -0.442 e. The van der Waals surface area contributed by atoms with Crippen LogP contribution in [0, 0.1) is 0 Å². The van der Waals surface area contributed by atoms with Crippen LogP contribution in [0.5, 0.6) is 11.5 Å². The zero-order valence-corrected chi connectivity index (χ0v) is 6.69. The van der Waals surface area contributed by atoms with Crippen LogP contribution in [0.15, 0.2) is 18.2 Å². The number of primary amides is 1. The Morgan fingerprint density at radius 2 is 2.00 bits per heavy atom. The van der Waals surface area contributed by atoms with Crippen molar-refractivity contribution in [2.45, 2.75) is 6.29 Å². The van der Waals surface area contributed by atoms with E-state index in [4.69, 9.17) is 20.9 Å². The number of nitrogens with two attached hydrogens (primary N) is 2. The van der Waals surface area contributed by atoms with Gasteiger partial charge >= 0.3 is 6.29 Å². The molecule has 2 rings (SSSR count). The number of amides is 1. The number of hydrogen-bond acceptors (Lipinski definition) is 4. The third-order valence-electron chi connectivity index (χ3n) is 1.67. The van der Waals surface area contributed by atoms with Gasteiger partial charge < -0.3 is 20.9 Å². The van der Waals surface area contributed by atoms with Gasteiger partial charge in [-0.3, -0.25) is 4.79 Å². The third-order valence-corrected chi connectivity index (χ3v) is 1.67. The number of anilines is 1. The smallest absolute Gasteiger partial charge is 0.321 e. The Kier molecular flexibility index (Phi) is 1.51. The van der Waals surface area contributed by atoms with Gasteiger partial charge in [0.15, 0.2) is 11.5 Å². The van der Waals surface area contributed by atoms with E-state index in [0.29, 0.717) is 17.2 Å². The summed E-state index contributed by atoms with van der Waals surface area (Å²) in [7, 11) is 0. The Balaban J connectivity index is 2.30. The lowest BCUT2D eigenvalue weighted by Gasteiger charge is -2.03. The summed E-state index contributed by atoms with van der Waals surface area (Å²) in [5.74, 6) is 0.275. The molecule has 13 heavy (non-hydrogen) atoms. The minimum atomic E-state index is -1.03. The van der Waals surface area contributed by atoms with Gasteiger partial charge in [0.1, 0.15) is 0 Å². The van der Waals surface area contributed by atoms with Gasteiger partial charge in [0.25, 0.3) is 5.91 Å². The summed E-state index contributed by atoms with van der Waals surface area (Å²) in [4.78, 5) is 10.7. The second-order valence-corrected chi connectivity index (χ2v) is 2.68. The summed E-state index contributed by atoms with van der Waals surface area (Å²) in [5.41, 5.74) is 11.0. The number of benzene rings is 1. The molecule has 0 radical (unpaired) electrons. The highest BCUT2D eigenvalue weighted by Gasteiger charge is 2.28. The van der Waals surface area contributed by atoms with E-state index in [2.05, 4.69) is 0 Å². The van der Waals surface area contributed by atoms with E-state index < -0.39 is 12.2 Å². The molecule has 0 aliphatic carbocycles. The summed E-state index contributed by atoms with van der Waals surface area (Å²) in [6.45, 7) is 0. The van der Waals surface area contributed by atoms with Crippen molar-refractivity contribution in [3.05, 3.63) is 18.2 Å². The molecule has 4 N–H and O–H groups in total. The molecule has 1 aromatic carbocycles. The zero-order chi connectivity index (χ0) is 9.42. The molecule has 0 spiro atoms. The van der Waals surface area contributed by atoms with Crippen molar-refractivity contribution in [3.63, 3.8) is 0 Å². The molecule has 1 aliphatic rings. The van der Waals surface area contributed by atoms with Crippen LogP contribution in [0.3, 0.4) is 0 Å².